The van der Waals surface area contributed by atoms with Gasteiger partial charge in [0.05, 0.1) is 12.4 Å². The Hall–Kier alpha value is 0.350. The molecule has 1 aliphatic rings. The van der Waals surface area contributed by atoms with E-state index in [0.717, 1.165) is 24.6 Å². The zero-order valence-electron chi connectivity index (χ0n) is 10.3. The molecule has 0 aliphatic heterocycles. The molecular weight excluding hydrogens is 306 g/mol. The SMILES string of the molecule is CCOCCS(=O)(=O)NC1CCCCC1CBr. The maximum absolute atomic E-state index is 11.8. The fourth-order valence-corrected chi connectivity index (χ4v) is 4.15. The molecule has 6 heteroatoms. The summed E-state index contributed by atoms with van der Waals surface area (Å²) in [6, 6.07) is 0.0924. The molecule has 0 bridgehead atoms. The van der Waals surface area contributed by atoms with Crippen LogP contribution in [0.2, 0.25) is 0 Å². The number of hydrogen-bond acceptors (Lipinski definition) is 3. The lowest BCUT2D eigenvalue weighted by molar-refractivity contribution is 0.163. The average molecular weight is 328 g/mol. The predicted octanol–water partition coefficient (Wildman–Crippen LogP) is 1.90. The molecule has 1 N–H and O–H groups in total. The van der Waals surface area contributed by atoms with E-state index in [0.29, 0.717) is 12.5 Å². The Morgan fingerprint density at radius 2 is 2.06 bits per heavy atom. The van der Waals surface area contributed by atoms with E-state index in [1.807, 2.05) is 6.92 Å². The van der Waals surface area contributed by atoms with Crippen molar-refractivity contribution in [3.8, 4) is 0 Å². The van der Waals surface area contributed by atoms with Gasteiger partial charge in [-0.25, -0.2) is 13.1 Å². The zero-order chi connectivity index (χ0) is 12.7. The van der Waals surface area contributed by atoms with Crippen LogP contribution in [0.4, 0.5) is 0 Å². The van der Waals surface area contributed by atoms with Crippen molar-refractivity contribution in [2.75, 3.05) is 24.3 Å². The van der Waals surface area contributed by atoms with Crippen molar-refractivity contribution in [3.05, 3.63) is 0 Å². The zero-order valence-corrected chi connectivity index (χ0v) is 12.7. The third-order valence-corrected chi connectivity index (χ3v) is 5.34. The molecular formula is C11H22BrNO3S. The molecule has 2 unspecified atom stereocenters. The van der Waals surface area contributed by atoms with Crippen molar-refractivity contribution in [3.63, 3.8) is 0 Å². The van der Waals surface area contributed by atoms with Crippen molar-refractivity contribution in [1.82, 2.24) is 4.72 Å². The van der Waals surface area contributed by atoms with Crippen LogP contribution in [-0.4, -0.2) is 38.8 Å². The molecule has 0 spiro atoms. The summed E-state index contributed by atoms with van der Waals surface area (Å²) in [4.78, 5) is 0. The number of nitrogens with one attached hydrogen (secondary N) is 1. The molecule has 0 aromatic carbocycles. The summed E-state index contributed by atoms with van der Waals surface area (Å²) in [5.74, 6) is 0.484. The Morgan fingerprint density at radius 3 is 2.71 bits per heavy atom. The molecule has 1 aliphatic carbocycles. The van der Waals surface area contributed by atoms with Gasteiger partial charge in [0.15, 0.2) is 0 Å². The third kappa shape index (κ3) is 5.68. The maximum Gasteiger partial charge on any atom is 0.214 e. The van der Waals surface area contributed by atoms with Gasteiger partial charge < -0.3 is 4.74 Å². The van der Waals surface area contributed by atoms with Gasteiger partial charge in [0, 0.05) is 18.0 Å². The second kappa shape index (κ2) is 7.71. The molecule has 1 saturated carbocycles. The van der Waals surface area contributed by atoms with E-state index in [9.17, 15) is 8.42 Å². The summed E-state index contributed by atoms with van der Waals surface area (Å²) in [5, 5.41) is 0.867. The third-order valence-electron chi connectivity index (χ3n) is 3.14. The second-order valence-corrected chi connectivity index (χ2v) is 6.96. The lowest BCUT2D eigenvalue weighted by atomic mass is 9.87. The van der Waals surface area contributed by atoms with Crippen molar-refractivity contribution < 1.29 is 13.2 Å². The van der Waals surface area contributed by atoms with Crippen molar-refractivity contribution >= 4 is 26.0 Å². The maximum atomic E-state index is 11.8. The van der Waals surface area contributed by atoms with Crippen LogP contribution in [0.15, 0.2) is 0 Å². The summed E-state index contributed by atoms with van der Waals surface area (Å²) in [5.41, 5.74) is 0. The first-order valence-corrected chi connectivity index (χ1v) is 9.00. The number of halogens is 1. The largest absolute Gasteiger partial charge is 0.381 e. The molecule has 4 nitrogen and oxygen atoms in total. The van der Waals surface area contributed by atoms with E-state index >= 15 is 0 Å². The van der Waals surface area contributed by atoms with E-state index in [1.165, 1.54) is 6.42 Å². The highest BCUT2D eigenvalue weighted by Crippen LogP contribution is 2.26. The van der Waals surface area contributed by atoms with Crippen LogP contribution >= 0.6 is 15.9 Å². The highest BCUT2D eigenvalue weighted by Gasteiger charge is 2.27. The first-order chi connectivity index (χ1) is 8.09. The standard InChI is InChI=1S/C11H22BrNO3S/c1-2-16-7-8-17(14,15)13-11-6-4-3-5-10(11)9-12/h10-11,13H,2-9H2,1H3. The normalized spacial score (nSPS) is 26.0. The van der Waals surface area contributed by atoms with Crippen LogP contribution in [0, 0.1) is 5.92 Å². The van der Waals surface area contributed by atoms with Crippen LogP contribution in [0.3, 0.4) is 0 Å². The Morgan fingerprint density at radius 1 is 1.35 bits per heavy atom. The summed E-state index contributed by atoms with van der Waals surface area (Å²) in [7, 11) is -3.19. The van der Waals surface area contributed by atoms with Crippen LogP contribution in [0.5, 0.6) is 0 Å². The smallest absolute Gasteiger partial charge is 0.214 e. The summed E-state index contributed by atoms with van der Waals surface area (Å²) in [6.07, 6.45) is 4.36. The van der Waals surface area contributed by atoms with Gasteiger partial charge in [0.2, 0.25) is 10.0 Å². The molecule has 0 aromatic heterocycles. The predicted molar refractivity (Wildman–Crippen MR) is 73.0 cm³/mol. The van der Waals surface area contributed by atoms with Crippen LogP contribution in [-0.2, 0) is 14.8 Å². The van der Waals surface area contributed by atoms with Crippen molar-refractivity contribution in [1.29, 1.82) is 0 Å². The second-order valence-electron chi connectivity index (χ2n) is 4.44. The van der Waals surface area contributed by atoms with Crippen molar-refractivity contribution in [2.24, 2.45) is 5.92 Å². The van der Waals surface area contributed by atoms with Gasteiger partial charge in [-0.3, -0.25) is 0 Å². The Bertz CT molecular complexity index is 308. The van der Waals surface area contributed by atoms with E-state index in [4.69, 9.17) is 4.74 Å². The molecule has 0 radical (unpaired) electrons. The van der Waals surface area contributed by atoms with Gasteiger partial charge in [0.1, 0.15) is 0 Å². The van der Waals surface area contributed by atoms with E-state index in [1.54, 1.807) is 0 Å². The van der Waals surface area contributed by atoms with E-state index in [-0.39, 0.29) is 18.4 Å². The molecule has 0 saturated heterocycles. The fraction of sp³-hybridized carbons (Fsp3) is 1.00. The fourth-order valence-electron chi connectivity index (χ4n) is 2.15. The summed E-state index contributed by atoms with van der Waals surface area (Å²) in [6.45, 7) is 2.70. The van der Waals surface area contributed by atoms with E-state index in [2.05, 4.69) is 20.7 Å². The highest BCUT2D eigenvalue weighted by molar-refractivity contribution is 9.09. The van der Waals surface area contributed by atoms with Gasteiger partial charge in [-0.1, -0.05) is 28.8 Å². The Kier molecular flexibility index (Phi) is 6.99. The van der Waals surface area contributed by atoms with Crippen LogP contribution in [0.1, 0.15) is 32.6 Å². The topological polar surface area (TPSA) is 55.4 Å². The number of alkyl halides is 1. The number of ether oxygens (including phenoxy) is 1. The van der Waals surface area contributed by atoms with Crippen LogP contribution in [0.25, 0.3) is 0 Å². The lowest BCUT2D eigenvalue weighted by Gasteiger charge is -2.30. The first-order valence-electron chi connectivity index (χ1n) is 6.22. The molecule has 1 fully saturated rings. The molecule has 17 heavy (non-hydrogen) atoms. The van der Waals surface area contributed by atoms with E-state index < -0.39 is 10.0 Å². The monoisotopic (exact) mass is 327 g/mol. The average Bonchev–Trinajstić information content (AvgIpc) is 2.29. The number of rotatable bonds is 7. The molecule has 0 heterocycles. The molecule has 0 aromatic rings. The highest BCUT2D eigenvalue weighted by atomic mass is 79.9. The van der Waals surface area contributed by atoms with Gasteiger partial charge in [-0.05, 0) is 25.7 Å². The quantitative estimate of drug-likeness (QED) is 0.574. The Balaban J connectivity index is 2.44. The van der Waals surface area contributed by atoms with Gasteiger partial charge in [-0.15, -0.1) is 0 Å². The van der Waals surface area contributed by atoms with Gasteiger partial charge in [-0.2, -0.15) is 0 Å². The Labute approximate surface area is 113 Å². The molecule has 102 valence electrons. The number of sulfonamides is 1. The summed E-state index contributed by atoms with van der Waals surface area (Å²) >= 11 is 3.46. The lowest BCUT2D eigenvalue weighted by Crippen LogP contribution is -2.44. The molecule has 1 rings (SSSR count). The summed E-state index contributed by atoms with van der Waals surface area (Å²) < 4.78 is 31.6. The van der Waals surface area contributed by atoms with Crippen LogP contribution < -0.4 is 4.72 Å². The molecule has 0 amide bonds. The molecule has 2 atom stereocenters. The minimum Gasteiger partial charge on any atom is -0.381 e. The van der Waals surface area contributed by atoms with Gasteiger partial charge >= 0.3 is 0 Å². The number of hydrogen-bond donors (Lipinski definition) is 1. The minimum absolute atomic E-state index is 0.0619. The van der Waals surface area contributed by atoms with Gasteiger partial charge in [0.25, 0.3) is 0 Å². The minimum atomic E-state index is -3.19. The first kappa shape index (κ1) is 15.4. The van der Waals surface area contributed by atoms with Crippen molar-refractivity contribution in [2.45, 2.75) is 38.6 Å².